The van der Waals surface area contributed by atoms with Gasteiger partial charge < -0.3 is 20.1 Å². The van der Waals surface area contributed by atoms with Gasteiger partial charge in [-0.2, -0.15) is 8.42 Å². The topological polar surface area (TPSA) is 220 Å². The lowest BCUT2D eigenvalue weighted by molar-refractivity contribution is -0.153. The summed E-state index contributed by atoms with van der Waals surface area (Å²) in [7, 11) is -4.42. The van der Waals surface area contributed by atoms with Crippen molar-refractivity contribution in [3.05, 3.63) is 11.8 Å². The number of likely N-dealkylation sites (tertiary alicyclic amines) is 1. The van der Waals surface area contributed by atoms with Gasteiger partial charge in [0, 0.05) is 25.7 Å². The van der Waals surface area contributed by atoms with Crippen LogP contribution in [0.3, 0.4) is 0 Å². The number of piperazine rings is 1. The van der Waals surface area contributed by atoms with Crippen molar-refractivity contribution in [2.75, 3.05) is 30.9 Å². The largest absolute Gasteiger partial charge is 0.360 e. The average molecular weight is 529 g/mol. The fourth-order valence-electron chi connectivity index (χ4n) is 3.26. The van der Waals surface area contributed by atoms with E-state index in [0.29, 0.717) is 22.1 Å². The Hall–Kier alpha value is -4.22. The number of aromatic nitrogens is 1. The number of rotatable bonds is 7. The molecule has 0 bridgehead atoms. The van der Waals surface area contributed by atoms with E-state index in [2.05, 4.69) is 15.8 Å². The molecule has 0 aromatic carbocycles. The Morgan fingerprint density at radius 3 is 2.42 bits per heavy atom. The highest BCUT2D eigenvalue weighted by atomic mass is 32.2. The van der Waals surface area contributed by atoms with Crippen LogP contribution in [-0.4, -0.2) is 102 Å². The Labute approximate surface area is 204 Å². The van der Waals surface area contributed by atoms with Crippen LogP contribution in [0.25, 0.3) is 0 Å². The van der Waals surface area contributed by atoms with Crippen LogP contribution in [0.4, 0.5) is 15.4 Å². The standard InChI is InChI=1S/C18H24N8O9S/c1-4-24-5-6-25(16(30)15(24)29)17(31)19-10(3)13(27)20-11-8-26(14(11)28)18(32)23-36(33,34)22-12-7-9(2)35-21-12/h7,10-11H,4-6,8H2,1-3H3,(H,19,31)(H,20,27)(H,21,22)(H,23,32)/t10?,11-/m0/s1. The highest BCUT2D eigenvalue weighted by molar-refractivity contribution is 7.91. The number of urea groups is 2. The second kappa shape index (κ2) is 10.2. The molecule has 8 amide bonds. The van der Waals surface area contributed by atoms with E-state index in [9.17, 15) is 37.2 Å². The molecule has 1 unspecified atom stereocenters. The summed E-state index contributed by atoms with van der Waals surface area (Å²) in [5.74, 6) is -3.40. The molecule has 0 saturated carbocycles. The summed E-state index contributed by atoms with van der Waals surface area (Å²) < 4.78 is 32.3. The normalized spacial score (nSPS) is 18.9. The van der Waals surface area contributed by atoms with Crippen molar-refractivity contribution < 1.29 is 41.7 Å². The lowest BCUT2D eigenvalue weighted by Gasteiger charge is -2.37. The van der Waals surface area contributed by atoms with Gasteiger partial charge in [0.1, 0.15) is 17.8 Å². The van der Waals surface area contributed by atoms with Crippen molar-refractivity contribution in [1.29, 1.82) is 0 Å². The van der Waals surface area contributed by atoms with E-state index in [1.807, 2.05) is 4.72 Å². The molecule has 196 valence electrons. The Kier molecular flexibility index (Phi) is 7.46. The van der Waals surface area contributed by atoms with Gasteiger partial charge in [0.05, 0.1) is 6.54 Å². The quantitative estimate of drug-likeness (QED) is 0.214. The highest BCUT2D eigenvalue weighted by Gasteiger charge is 2.43. The van der Waals surface area contributed by atoms with Gasteiger partial charge in [-0.3, -0.25) is 29.0 Å². The number of imide groups is 2. The van der Waals surface area contributed by atoms with Crippen molar-refractivity contribution in [2.45, 2.75) is 32.9 Å². The highest BCUT2D eigenvalue weighted by Crippen LogP contribution is 2.13. The molecule has 36 heavy (non-hydrogen) atoms. The Morgan fingerprint density at radius 1 is 1.14 bits per heavy atom. The number of nitrogens with zero attached hydrogens (tertiary/aromatic N) is 4. The summed E-state index contributed by atoms with van der Waals surface area (Å²) in [5, 5.41) is 7.99. The lowest BCUT2D eigenvalue weighted by Crippen LogP contribution is -2.69. The van der Waals surface area contributed by atoms with Crippen LogP contribution < -0.4 is 20.1 Å². The van der Waals surface area contributed by atoms with Crippen molar-refractivity contribution in [1.82, 2.24) is 35.2 Å². The number of β-lactam (4-membered cyclic amide) rings is 1. The third kappa shape index (κ3) is 5.70. The van der Waals surface area contributed by atoms with Crippen LogP contribution in [0, 0.1) is 6.92 Å². The summed E-state index contributed by atoms with van der Waals surface area (Å²) >= 11 is 0. The fourth-order valence-corrected chi connectivity index (χ4v) is 4.02. The van der Waals surface area contributed by atoms with Crippen LogP contribution >= 0.6 is 0 Å². The number of likely N-dealkylation sites (N-methyl/N-ethyl adjacent to an activating group) is 1. The first-order valence-corrected chi connectivity index (χ1v) is 12.1. The molecule has 4 N–H and O–H groups in total. The van der Waals surface area contributed by atoms with E-state index in [1.165, 1.54) is 24.8 Å². The number of hydrogen-bond acceptors (Lipinski definition) is 10. The predicted octanol–water partition coefficient (Wildman–Crippen LogP) is -2.53. The molecule has 1 aromatic rings. The Balaban J connectivity index is 1.46. The van der Waals surface area contributed by atoms with Crippen molar-refractivity contribution in [3.8, 4) is 0 Å². The Bertz CT molecular complexity index is 1210. The van der Waals surface area contributed by atoms with Gasteiger partial charge in [0.2, 0.25) is 5.91 Å². The van der Waals surface area contributed by atoms with E-state index in [0.717, 1.165) is 0 Å². The van der Waals surface area contributed by atoms with Gasteiger partial charge in [-0.25, -0.2) is 19.0 Å². The van der Waals surface area contributed by atoms with Crippen molar-refractivity contribution >= 4 is 51.7 Å². The summed E-state index contributed by atoms with van der Waals surface area (Å²) in [6.45, 7) is 4.60. The molecule has 0 spiro atoms. The number of anilines is 1. The van der Waals surface area contributed by atoms with Crippen LogP contribution in [0.2, 0.25) is 0 Å². The zero-order chi connectivity index (χ0) is 26.8. The number of nitrogens with one attached hydrogen (secondary N) is 4. The van der Waals surface area contributed by atoms with Gasteiger partial charge in [-0.1, -0.05) is 5.16 Å². The molecular formula is C18H24N8O9S. The third-order valence-electron chi connectivity index (χ3n) is 5.25. The monoisotopic (exact) mass is 528 g/mol. The Morgan fingerprint density at radius 2 is 1.83 bits per heavy atom. The lowest BCUT2D eigenvalue weighted by atomic mass is 10.1. The van der Waals surface area contributed by atoms with Gasteiger partial charge in [-0.15, -0.1) is 0 Å². The molecule has 1 aromatic heterocycles. The van der Waals surface area contributed by atoms with Crippen LogP contribution in [0.15, 0.2) is 10.6 Å². The first-order chi connectivity index (χ1) is 16.8. The number of carbonyl (C=O) groups excluding carboxylic acids is 6. The summed E-state index contributed by atoms with van der Waals surface area (Å²) in [6, 6.07) is -3.28. The average Bonchev–Trinajstić information content (AvgIpc) is 3.20. The summed E-state index contributed by atoms with van der Waals surface area (Å²) in [4.78, 5) is 75.6. The van der Waals surface area contributed by atoms with Crippen LogP contribution in [-0.2, 0) is 29.4 Å². The molecule has 0 radical (unpaired) electrons. The molecule has 17 nitrogen and oxygen atoms in total. The summed E-state index contributed by atoms with van der Waals surface area (Å²) in [6.07, 6.45) is 0. The predicted molar refractivity (Wildman–Crippen MR) is 118 cm³/mol. The van der Waals surface area contributed by atoms with Crippen molar-refractivity contribution in [3.63, 3.8) is 0 Å². The van der Waals surface area contributed by atoms with E-state index in [-0.39, 0.29) is 25.5 Å². The second-order valence-corrected chi connectivity index (χ2v) is 9.27. The molecule has 2 fully saturated rings. The molecule has 3 rings (SSSR count). The number of aryl methyl sites for hydroxylation is 1. The molecule has 2 aliphatic heterocycles. The number of amides is 8. The van der Waals surface area contributed by atoms with Gasteiger partial charge in [-0.05, 0) is 20.8 Å². The maximum absolute atomic E-state index is 12.4. The zero-order valence-electron chi connectivity index (χ0n) is 19.4. The van der Waals surface area contributed by atoms with E-state index < -0.39 is 58.0 Å². The maximum Gasteiger partial charge on any atom is 0.339 e. The zero-order valence-corrected chi connectivity index (χ0v) is 20.2. The first-order valence-electron chi connectivity index (χ1n) is 10.6. The number of carbonyl (C=O) groups is 6. The first kappa shape index (κ1) is 26.4. The van der Waals surface area contributed by atoms with Crippen LogP contribution in [0.1, 0.15) is 19.6 Å². The van der Waals surface area contributed by atoms with Gasteiger partial charge in [0.15, 0.2) is 5.82 Å². The fraction of sp³-hybridized carbons (Fsp3) is 0.500. The third-order valence-corrected chi connectivity index (χ3v) is 6.17. The minimum Gasteiger partial charge on any atom is -0.360 e. The summed E-state index contributed by atoms with van der Waals surface area (Å²) in [5.41, 5.74) is 0. The minimum atomic E-state index is -4.42. The van der Waals surface area contributed by atoms with Crippen LogP contribution in [0.5, 0.6) is 0 Å². The molecule has 2 saturated heterocycles. The smallest absolute Gasteiger partial charge is 0.339 e. The van der Waals surface area contributed by atoms with E-state index in [1.54, 1.807) is 11.6 Å². The molecule has 18 heteroatoms. The van der Waals surface area contributed by atoms with E-state index >= 15 is 0 Å². The molecular weight excluding hydrogens is 504 g/mol. The second-order valence-electron chi connectivity index (χ2n) is 7.86. The minimum absolute atomic E-state index is 0.0439. The molecule has 3 heterocycles. The molecule has 0 aliphatic carbocycles. The van der Waals surface area contributed by atoms with E-state index in [4.69, 9.17) is 4.52 Å². The van der Waals surface area contributed by atoms with Gasteiger partial charge >= 0.3 is 34.1 Å². The molecule has 2 aliphatic rings. The van der Waals surface area contributed by atoms with Crippen molar-refractivity contribution in [2.24, 2.45) is 0 Å². The number of hydrogen-bond donors (Lipinski definition) is 4. The van der Waals surface area contributed by atoms with Gasteiger partial charge in [0.25, 0.3) is 5.91 Å². The SMILES string of the molecule is CCN1CCN(C(=O)NC(C)C(=O)N[C@H]2CN(C(=O)NS(=O)(=O)Nc3cc(C)on3)C2=O)C(=O)C1=O. The maximum atomic E-state index is 12.4. The molecule has 2 atom stereocenters.